The van der Waals surface area contributed by atoms with E-state index in [0.717, 1.165) is 29.5 Å². The van der Waals surface area contributed by atoms with Crippen molar-refractivity contribution in [3.63, 3.8) is 0 Å². The quantitative estimate of drug-likeness (QED) is 0.635. The van der Waals surface area contributed by atoms with E-state index in [1.54, 1.807) is 0 Å². The highest BCUT2D eigenvalue weighted by molar-refractivity contribution is 14.1. The van der Waals surface area contributed by atoms with Crippen LogP contribution in [0.3, 0.4) is 0 Å². The van der Waals surface area contributed by atoms with Gasteiger partial charge in [0.1, 0.15) is 0 Å². The largest absolute Gasteiger partial charge is 0.352 e. The number of halogens is 1. The molecule has 1 aliphatic heterocycles. The van der Waals surface area contributed by atoms with Gasteiger partial charge in [0.15, 0.2) is 0 Å². The van der Waals surface area contributed by atoms with Crippen molar-refractivity contribution < 1.29 is 9.59 Å². The van der Waals surface area contributed by atoms with Crippen LogP contribution in [0, 0.1) is 3.57 Å². The Morgan fingerprint density at radius 1 is 1.42 bits per heavy atom. The number of nitrogens with one attached hydrogen (secondary N) is 1. The summed E-state index contributed by atoms with van der Waals surface area (Å²) in [6.07, 6.45) is 2.45. The van der Waals surface area contributed by atoms with Gasteiger partial charge in [0.05, 0.1) is 0 Å². The summed E-state index contributed by atoms with van der Waals surface area (Å²) in [5.74, 6) is 0.190. The standard InChI is InChI=1S/C14H17IN2O2/c15-12-5-1-4-11(10-12)14(19)16-7-3-9-17-8-2-6-13(17)18/h1,4-5,10H,2-3,6-9H2,(H,16,19). The van der Waals surface area contributed by atoms with Gasteiger partial charge in [-0.1, -0.05) is 6.07 Å². The summed E-state index contributed by atoms with van der Waals surface area (Å²) in [6.45, 7) is 2.21. The molecule has 2 rings (SSSR count). The first-order valence-electron chi connectivity index (χ1n) is 6.48. The zero-order valence-corrected chi connectivity index (χ0v) is 12.9. The number of carbonyl (C=O) groups excluding carboxylic acids is 2. The Morgan fingerprint density at radius 3 is 2.95 bits per heavy atom. The minimum atomic E-state index is -0.0498. The number of carbonyl (C=O) groups is 2. The third kappa shape index (κ3) is 4.19. The van der Waals surface area contributed by atoms with Gasteiger partial charge in [0.2, 0.25) is 5.91 Å². The van der Waals surface area contributed by atoms with Crippen molar-refractivity contribution in [3.05, 3.63) is 33.4 Å². The van der Waals surface area contributed by atoms with Crippen LogP contribution >= 0.6 is 22.6 Å². The van der Waals surface area contributed by atoms with Gasteiger partial charge in [0, 0.05) is 35.2 Å². The molecule has 4 nitrogen and oxygen atoms in total. The number of rotatable bonds is 5. The average molecular weight is 372 g/mol. The van der Waals surface area contributed by atoms with E-state index in [2.05, 4.69) is 27.9 Å². The van der Waals surface area contributed by atoms with Gasteiger partial charge in [-0.3, -0.25) is 9.59 Å². The highest BCUT2D eigenvalue weighted by Gasteiger charge is 2.19. The number of nitrogens with zero attached hydrogens (tertiary/aromatic N) is 1. The van der Waals surface area contributed by atoms with Gasteiger partial charge in [0.25, 0.3) is 5.91 Å². The van der Waals surface area contributed by atoms with E-state index in [0.29, 0.717) is 18.5 Å². The molecule has 0 radical (unpaired) electrons. The SMILES string of the molecule is O=C(NCCCN1CCCC1=O)c1cccc(I)c1. The number of amides is 2. The highest BCUT2D eigenvalue weighted by Crippen LogP contribution is 2.10. The molecule has 1 N–H and O–H groups in total. The van der Waals surface area contributed by atoms with Crippen LogP contribution in [-0.2, 0) is 4.79 Å². The minimum Gasteiger partial charge on any atom is -0.352 e. The fourth-order valence-electron chi connectivity index (χ4n) is 2.14. The van der Waals surface area contributed by atoms with Crippen molar-refractivity contribution in [2.45, 2.75) is 19.3 Å². The second-order valence-electron chi connectivity index (χ2n) is 4.60. The van der Waals surface area contributed by atoms with E-state index >= 15 is 0 Å². The monoisotopic (exact) mass is 372 g/mol. The molecule has 19 heavy (non-hydrogen) atoms. The van der Waals surface area contributed by atoms with E-state index in [1.807, 2.05) is 29.2 Å². The number of likely N-dealkylation sites (tertiary alicyclic amines) is 1. The van der Waals surface area contributed by atoms with Crippen LogP contribution in [0.2, 0.25) is 0 Å². The van der Waals surface area contributed by atoms with Gasteiger partial charge in [-0.2, -0.15) is 0 Å². The van der Waals surface area contributed by atoms with Crippen molar-refractivity contribution in [2.75, 3.05) is 19.6 Å². The van der Waals surface area contributed by atoms with Crippen LogP contribution in [0.25, 0.3) is 0 Å². The Morgan fingerprint density at radius 2 is 2.26 bits per heavy atom. The molecule has 0 bridgehead atoms. The molecule has 1 fully saturated rings. The summed E-state index contributed by atoms with van der Waals surface area (Å²) in [4.78, 5) is 25.1. The molecule has 1 aromatic carbocycles. The van der Waals surface area contributed by atoms with Gasteiger partial charge >= 0.3 is 0 Å². The van der Waals surface area contributed by atoms with Crippen molar-refractivity contribution in [1.29, 1.82) is 0 Å². The van der Waals surface area contributed by atoms with Crippen LogP contribution in [0.4, 0.5) is 0 Å². The van der Waals surface area contributed by atoms with E-state index in [9.17, 15) is 9.59 Å². The number of benzene rings is 1. The highest BCUT2D eigenvalue weighted by atomic mass is 127. The third-order valence-corrected chi connectivity index (χ3v) is 3.82. The Hall–Kier alpha value is -1.11. The third-order valence-electron chi connectivity index (χ3n) is 3.15. The Bertz CT molecular complexity index is 476. The van der Waals surface area contributed by atoms with Crippen LogP contribution < -0.4 is 5.32 Å². The lowest BCUT2D eigenvalue weighted by Gasteiger charge is -2.15. The second kappa shape index (κ2) is 6.88. The molecule has 1 saturated heterocycles. The molecule has 0 saturated carbocycles. The second-order valence-corrected chi connectivity index (χ2v) is 5.85. The molecule has 102 valence electrons. The zero-order chi connectivity index (χ0) is 13.7. The first-order valence-corrected chi connectivity index (χ1v) is 7.56. The van der Waals surface area contributed by atoms with E-state index in [-0.39, 0.29) is 11.8 Å². The first-order chi connectivity index (χ1) is 9.16. The topological polar surface area (TPSA) is 49.4 Å². The van der Waals surface area contributed by atoms with Gasteiger partial charge in [-0.15, -0.1) is 0 Å². The smallest absolute Gasteiger partial charge is 0.251 e. The van der Waals surface area contributed by atoms with E-state index in [4.69, 9.17) is 0 Å². The maximum atomic E-state index is 11.9. The minimum absolute atomic E-state index is 0.0498. The van der Waals surface area contributed by atoms with Crippen molar-refractivity contribution >= 4 is 34.4 Å². The lowest BCUT2D eigenvalue weighted by atomic mass is 10.2. The normalized spacial score (nSPS) is 14.8. The van der Waals surface area contributed by atoms with E-state index < -0.39 is 0 Å². The lowest BCUT2D eigenvalue weighted by Crippen LogP contribution is -2.30. The van der Waals surface area contributed by atoms with Gasteiger partial charge in [-0.05, 0) is 53.6 Å². The Kier molecular flexibility index (Phi) is 5.18. The summed E-state index contributed by atoms with van der Waals surface area (Å²) in [5, 5.41) is 2.88. The number of hydrogen-bond acceptors (Lipinski definition) is 2. The van der Waals surface area contributed by atoms with Crippen LogP contribution in [0.15, 0.2) is 24.3 Å². The maximum absolute atomic E-state index is 11.9. The van der Waals surface area contributed by atoms with Gasteiger partial charge in [-0.25, -0.2) is 0 Å². The molecule has 5 heteroatoms. The van der Waals surface area contributed by atoms with Crippen LogP contribution in [0.1, 0.15) is 29.6 Å². The summed E-state index contributed by atoms with van der Waals surface area (Å²) in [6, 6.07) is 7.50. The van der Waals surface area contributed by atoms with Crippen molar-refractivity contribution in [3.8, 4) is 0 Å². The molecule has 2 amide bonds. The van der Waals surface area contributed by atoms with Crippen LogP contribution in [-0.4, -0.2) is 36.3 Å². The Balaban J connectivity index is 1.71. The summed E-state index contributed by atoms with van der Waals surface area (Å²) in [5.41, 5.74) is 0.684. The van der Waals surface area contributed by atoms with Crippen LogP contribution in [0.5, 0.6) is 0 Å². The molecule has 1 aliphatic rings. The summed E-state index contributed by atoms with van der Waals surface area (Å²) < 4.78 is 1.05. The fraction of sp³-hybridized carbons (Fsp3) is 0.429. The van der Waals surface area contributed by atoms with E-state index in [1.165, 1.54) is 0 Å². The molecular formula is C14H17IN2O2. The van der Waals surface area contributed by atoms with Gasteiger partial charge < -0.3 is 10.2 Å². The molecule has 1 aromatic rings. The Labute approximate surface area is 126 Å². The molecule has 0 spiro atoms. The number of hydrogen-bond donors (Lipinski definition) is 1. The average Bonchev–Trinajstić information content (AvgIpc) is 2.80. The van der Waals surface area contributed by atoms with Crippen molar-refractivity contribution in [1.82, 2.24) is 10.2 Å². The molecular weight excluding hydrogens is 355 g/mol. The first kappa shape index (κ1) is 14.3. The maximum Gasteiger partial charge on any atom is 0.251 e. The summed E-state index contributed by atoms with van der Waals surface area (Å²) >= 11 is 2.19. The molecule has 0 atom stereocenters. The molecule has 0 aromatic heterocycles. The fourth-order valence-corrected chi connectivity index (χ4v) is 2.69. The molecule has 1 heterocycles. The molecule has 0 aliphatic carbocycles. The molecule has 0 unspecified atom stereocenters. The van der Waals surface area contributed by atoms with Crippen molar-refractivity contribution in [2.24, 2.45) is 0 Å². The lowest BCUT2D eigenvalue weighted by molar-refractivity contribution is -0.127. The predicted molar refractivity (Wildman–Crippen MR) is 81.9 cm³/mol. The summed E-state index contributed by atoms with van der Waals surface area (Å²) in [7, 11) is 0. The predicted octanol–water partition coefficient (Wildman–Crippen LogP) is 2.03. The zero-order valence-electron chi connectivity index (χ0n) is 10.7.